The molecule has 2 N–H and O–H groups in total. The number of methoxy groups -OCH3 is 2. The molecule has 114 valence electrons. The van der Waals surface area contributed by atoms with E-state index in [1.54, 1.807) is 24.3 Å². The van der Waals surface area contributed by atoms with Gasteiger partial charge >= 0.3 is 0 Å². The van der Waals surface area contributed by atoms with E-state index in [-0.39, 0.29) is 23.2 Å². The minimum atomic E-state index is -0.351. The smallest absolute Gasteiger partial charge is 0.271 e. The number of phenolic OH excluding ortho intramolecular Hbond substituents is 1. The lowest BCUT2D eigenvalue weighted by Gasteiger charge is -2.09. The summed E-state index contributed by atoms with van der Waals surface area (Å²) in [6.07, 6.45) is 4.46. The number of aromatic hydroxyl groups is 1. The van der Waals surface area contributed by atoms with Crippen LogP contribution >= 0.6 is 0 Å². The van der Waals surface area contributed by atoms with Gasteiger partial charge in [0.1, 0.15) is 0 Å². The first-order valence-electron chi connectivity index (χ1n) is 6.34. The number of nitrogens with one attached hydrogen (secondary N) is 1. The Bertz CT molecular complexity index is 661. The summed E-state index contributed by atoms with van der Waals surface area (Å²) in [5.41, 5.74) is 3.45. The third kappa shape index (κ3) is 3.51. The number of benzene rings is 1. The normalized spacial score (nSPS) is 10.5. The monoisotopic (exact) mass is 301 g/mol. The third-order valence-corrected chi connectivity index (χ3v) is 2.82. The first-order chi connectivity index (χ1) is 10.7. The van der Waals surface area contributed by atoms with E-state index in [2.05, 4.69) is 15.5 Å². The molecule has 0 unspecified atom stereocenters. The number of hydrogen-bond donors (Lipinski definition) is 2. The van der Waals surface area contributed by atoms with E-state index in [1.807, 2.05) is 0 Å². The molecule has 1 aromatic heterocycles. The quantitative estimate of drug-likeness (QED) is 0.646. The van der Waals surface area contributed by atoms with Crippen molar-refractivity contribution in [1.29, 1.82) is 0 Å². The molecule has 2 rings (SSSR count). The molecule has 1 aromatic carbocycles. The Balaban J connectivity index is 2.12. The van der Waals surface area contributed by atoms with Crippen molar-refractivity contribution in [2.45, 2.75) is 0 Å². The molecule has 0 fully saturated rings. The van der Waals surface area contributed by atoms with Crippen molar-refractivity contribution in [3.63, 3.8) is 0 Å². The lowest BCUT2D eigenvalue weighted by molar-refractivity contribution is 0.0955. The van der Waals surface area contributed by atoms with Gasteiger partial charge in [-0.2, -0.15) is 5.10 Å². The lowest BCUT2D eigenvalue weighted by Crippen LogP contribution is -2.17. The fraction of sp³-hybridized carbons (Fsp3) is 0.133. The first-order valence-corrected chi connectivity index (χ1v) is 6.34. The zero-order valence-corrected chi connectivity index (χ0v) is 12.1. The molecule has 1 heterocycles. The zero-order chi connectivity index (χ0) is 15.9. The van der Waals surface area contributed by atoms with Gasteiger partial charge in [-0.3, -0.25) is 9.78 Å². The van der Waals surface area contributed by atoms with Crippen molar-refractivity contribution < 1.29 is 19.4 Å². The number of pyridine rings is 1. The van der Waals surface area contributed by atoms with E-state index in [1.165, 1.54) is 32.8 Å². The van der Waals surface area contributed by atoms with Crippen LogP contribution in [-0.2, 0) is 0 Å². The van der Waals surface area contributed by atoms with Gasteiger partial charge in [-0.25, -0.2) is 5.43 Å². The lowest BCUT2D eigenvalue weighted by atomic mass is 10.2. The highest BCUT2D eigenvalue weighted by atomic mass is 16.5. The summed E-state index contributed by atoms with van der Waals surface area (Å²) in [6.45, 7) is 0. The molecular formula is C15H15N3O4. The van der Waals surface area contributed by atoms with E-state index in [4.69, 9.17) is 9.47 Å². The van der Waals surface area contributed by atoms with Crippen LogP contribution in [0.5, 0.6) is 17.2 Å². The van der Waals surface area contributed by atoms with Gasteiger partial charge in [0.05, 0.1) is 20.4 Å². The average Bonchev–Trinajstić information content (AvgIpc) is 2.56. The number of phenols is 1. The first kappa shape index (κ1) is 15.3. The van der Waals surface area contributed by atoms with E-state index in [0.29, 0.717) is 11.1 Å². The van der Waals surface area contributed by atoms with Crippen LogP contribution in [0.4, 0.5) is 0 Å². The summed E-state index contributed by atoms with van der Waals surface area (Å²) >= 11 is 0. The summed E-state index contributed by atoms with van der Waals surface area (Å²) in [5, 5.41) is 13.7. The van der Waals surface area contributed by atoms with Crippen molar-refractivity contribution in [3.05, 3.63) is 47.8 Å². The molecule has 0 aliphatic carbocycles. The Kier molecular flexibility index (Phi) is 4.92. The number of rotatable bonds is 5. The Hall–Kier alpha value is -3.09. The standard InChI is InChI=1S/C15H15N3O4/c1-21-12-7-10(8-13(22-2)14(12)19)9-17-18-15(20)11-3-5-16-6-4-11/h3-9,19H,1-2H3,(H,18,20)/b17-9-. The summed E-state index contributed by atoms with van der Waals surface area (Å²) in [6, 6.07) is 6.30. The van der Waals surface area contributed by atoms with Gasteiger partial charge in [0.15, 0.2) is 11.5 Å². The van der Waals surface area contributed by atoms with Crippen molar-refractivity contribution in [3.8, 4) is 17.2 Å². The maximum Gasteiger partial charge on any atom is 0.271 e. The SMILES string of the molecule is COc1cc(/C=N\NC(=O)c2ccncc2)cc(OC)c1O. The van der Waals surface area contributed by atoms with Gasteiger partial charge < -0.3 is 14.6 Å². The molecule has 22 heavy (non-hydrogen) atoms. The van der Waals surface area contributed by atoms with Crippen molar-refractivity contribution in [1.82, 2.24) is 10.4 Å². The molecular weight excluding hydrogens is 286 g/mol. The molecule has 7 nitrogen and oxygen atoms in total. The molecule has 0 saturated heterocycles. The van der Waals surface area contributed by atoms with Gasteiger partial charge in [-0.05, 0) is 24.3 Å². The number of amides is 1. The van der Waals surface area contributed by atoms with Gasteiger partial charge in [0, 0.05) is 23.5 Å². The summed E-state index contributed by atoms with van der Waals surface area (Å²) in [4.78, 5) is 15.6. The highest BCUT2D eigenvalue weighted by molar-refractivity contribution is 5.94. The molecule has 0 atom stereocenters. The van der Waals surface area contributed by atoms with Crippen LogP contribution in [-0.4, -0.2) is 36.4 Å². The Morgan fingerprint density at radius 3 is 2.36 bits per heavy atom. The van der Waals surface area contributed by atoms with E-state index >= 15 is 0 Å². The molecule has 0 saturated carbocycles. The molecule has 0 spiro atoms. The van der Waals surface area contributed by atoms with E-state index in [9.17, 15) is 9.90 Å². The van der Waals surface area contributed by atoms with Gasteiger partial charge in [0.25, 0.3) is 5.91 Å². The molecule has 7 heteroatoms. The van der Waals surface area contributed by atoms with Crippen molar-refractivity contribution in [2.75, 3.05) is 14.2 Å². The van der Waals surface area contributed by atoms with Crippen LogP contribution in [0.25, 0.3) is 0 Å². The van der Waals surface area contributed by atoms with Crippen molar-refractivity contribution >= 4 is 12.1 Å². The number of aromatic nitrogens is 1. The largest absolute Gasteiger partial charge is 0.502 e. The van der Waals surface area contributed by atoms with Crippen LogP contribution in [0.1, 0.15) is 15.9 Å². The van der Waals surface area contributed by atoms with Gasteiger partial charge in [-0.15, -0.1) is 0 Å². The minimum Gasteiger partial charge on any atom is -0.502 e. The second-order valence-electron chi connectivity index (χ2n) is 4.21. The van der Waals surface area contributed by atoms with Crippen LogP contribution in [0.2, 0.25) is 0 Å². The van der Waals surface area contributed by atoms with Crippen LogP contribution in [0.3, 0.4) is 0 Å². The fourth-order valence-corrected chi connectivity index (χ4v) is 1.72. The van der Waals surface area contributed by atoms with Gasteiger partial charge in [-0.1, -0.05) is 0 Å². The Morgan fingerprint density at radius 2 is 1.82 bits per heavy atom. The van der Waals surface area contributed by atoms with Crippen molar-refractivity contribution in [2.24, 2.45) is 5.10 Å². The van der Waals surface area contributed by atoms with E-state index in [0.717, 1.165) is 0 Å². The highest BCUT2D eigenvalue weighted by Crippen LogP contribution is 2.36. The average molecular weight is 301 g/mol. The molecule has 1 amide bonds. The molecule has 0 radical (unpaired) electrons. The maximum atomic E-state index is 11.8. The molecule has 0 aliphatic heterocycles. The number of nitrogens with zero attached hydrogens (tertiary/aromatic N) is 2. The topological polar surface area (TPSA) is 93.0 Å². The molecule has 0 aliphatic rings. The van der Waals surface area contributed by atoms with Crippen LogP contribution in [0.15, 0.2) is 41.8 Å². The summed E-state index contributed by atoms with van der Waals surface area (Å²) in [5.74, 6) is 0.0573. The minimum absolute atomic E-state index is 0.0945. The predicted octanol–water partition coefficient (Wildman–Crippen LogP) is 1.57. The molecule has 0 bridgehead atoms. The number of hydrazone groups is 1. The zero-order valence-electron chi connectivity index (χ0n) is 12.1. The summed E-state index contributed by atoms with van der Waals surface area (Å²) < 4.78 is 10.1. The van der Waals surface area contributed by atoms with E-state index < -0.39 is 0 Å². The fourth-order valence-electron chi connectivity index (χ4n) is 1.72. The third-order valence-electron chi connectivity index (χ3n) is 2.82. The number of carbonyl (C=O) groups excluding carboxylic acids is 1. The number of hydrogen-bond acceptors (Lipinski definition) is 6. The molecule has 2 aromatic rings. The summed E-state index contributed by atoms with van der Waals surface area (Å²) in [7, 11) is 2.86. The highest BCUT2D eigenvalue weighted by Gasteiger charge is 2.10. The van der Waals surface area contributed by atoms with Crippen LogP contribution < -0.4 is 14.9 Å². The second-order valence-corrected chi connectivity index (χ2v) is 4.21. The number of ether oxygens (including phenoxy) is 2. The van der Waals surface area contributed by atoms with Gasteiger partial charge in [0.2, 0.25) is 5.75 Å². The number of carbonyl (C=O) groups is 1. The van der Waals surface area contributed by atoms with Crippen LogP contribution in [0, 0.1) is 0 Å². The second kappa shape index (κ2) is 7.07. The maximum absolute atomic E-state index is 11.8. The Morgan fingerprint density at radius 1 is 1.23 bits per heavy atom. The predicted molar refractivity (Wildman–Crippen MR) is 80.5 cm³/mol. The Labute approximate surface area is 127 Å².